The van der Waals surface area contributed by atoms with Crippen LogP contribution in [0.2, 0.25) is 0 Å². The van der Waals surface area contributed by atoms with Crippen molar-refractivity contribution in [1.82, 2.24) is 9.55 Å². The Morgan fingerprint density at radius 3 is 2.88 bits per heavy atom. The third kappa shape index (κ3) is 3.40. The van der Waals surface area contributed by atoms with Crippen LogP contribution in [0.1, 0.15) is 35.7 Å². The number of unbranched alkanes of at least 4 members (excludes halogenated alkanes) is 1. The molecule has 0 aliphatic heterocycles. The number of hydrogen-bond acceptors (Lipinski definition) is 4. The number of rotatable bonds is 6. The normalized spacial score (nSPS) is 10.9. The molecule has 0 fully saturated rings. The van der Waals surface area contributed by atoms with Gasteiger partial charge in [0.05, 0.1) is 12.3 Å². The van der Waals surface area contributed by atoms with Gasteiger partial charge < -0.3 is 14.6 Å². The molecule has 0 amide bonds. The topological polar surface area (TPSA) is 56.1 Å². The highest BCUT2D eigenvalue weighted by Gasteiger charge is 2.24. The lowest BCUT2D eigenvalue weighted by Crippen LogP contribution is -2.10. The first-order valence-electron chi connectivity index (χ1n) is 8.66. The first-order valence-corrected chi connectivity index (χ1v) is 8.66. The van der Waals surface area contributed by atoms with E-state index in [9.17, 15) is 9.18 Å². The van der Waals surface area contributed by atoms with Gasteiger partial charge in [-0.05, 0) is 43.2 Å². The Labute approximate surface area is 151 Å². The predicted octanol–water partition coefficient (Wildman–Crippen LogP) is 4.72. The van der Waals surface area contributed by atoms with Gasteiger partial charge in [-0.25, -0.2) is 14.2 Å². The minimum Gasteiger partial charge on any atom is -0.462 e. The molecule has 5 nitrogen and oxygen atoms in total. The Morgan fingerprint density at radius 1 is 1.35 bits per heavy atom. The van der Waals surface area contributed by atoms with Crippen LogP contribution in [0.15, 0.2) is 36.5 Å². The Kier molecular flexibility index (Phi) is 5.21. The lowest BCUT2D eigenvalue weighted by molar-refractivity contribution is 0.0503. The fourth-order valence-electron chi connectivity index (χ4n) is 2.84. The molecule has 0 bridgehead atoms. The number of aromatic nitrogens is 2. The van der Waals surface area contributed by atoms with Crippen LogP contribution in [0.5, 0.6) is 0 Å². The molecule has 6 heteroatoms. The van der Waals surface area contributed by atoms with Crippen LogP contribution < -0.4 is 5.32 Å². The van der Waals surface area contributed by atoms with Gasteiger partial charge in [0.15, 0.2) is 0 Å². The maximum Gasteiger partial charge on any atom is 0.342 e. The van der Waals surface area contributed by atoms with Crippen LogP contribution in [0.3, 0.4) is 0 Å². The number of carbonyl (C=O) groups is 1. The van der Waals surface area contributed by atoms with Gasteiger partial charge in [0.2, 0.25) is 0 Å². The Balaban J connectivity index is 2.06. The highest BCUT2D eigenvalue weighted by atomic mass is 19.1. The number of benzene rings is 1. The maximum absolute atomic E-state index is 14.3. The van der Waals surface area contributed by atoms with Crippen LogP contribution in [0.25, 0.3) is 11.0 Å². The molecule has 3 rings (SSSR count). The molecule has 1 aromatic carbocycles. The third-order valence-electron chi connectivity index (χ3n) is 4.26. The van der Waals surface area contributed by atoms with Crippen molar-refractivity contribution in [2.24, 2.45) is 7.05 Å². The second kappa shape index (κ2) is 7.56. The average molecular weight is 355 g/mol. The number of anilines is 2. The van der Waals surface area contributed by atoms with Crippen molar-refractivity contribution in [1.29, 1.82) is 0 Å². The number of fused-ring (bicyclic) bond motifs is 1. The summed E-state index contributed by atoms with van der Waals surface area (Å²) in [5.74, 6) is -0.358. The summed E-state index contributed by atoms with van der Waals surface area (Å²) in [4.78, 5) is 17.0. The molecule has 3 aromatic rings. The molecule has 1 N–H and O–H groups in total. The Hall–Kier alpha value is -2.89. The minimum absolute atomic E-state index is 0.295. The molecule has 0 atom stereocenters. The summed E-state index contributed by atoms with van der Waals surface area (Å²) in [5, 5.41) is 3.72. The molecule has 0 spiro atoms. The number of aryl methyl sites for hydroxylation is 2. The van der Waals surface area contributed by atoms with Crippen LogP contribution in [-0.2, 0) is 11.8 Å². The van der Waals surface area contributed by atoms with Crippen molar-refractivity contribution >= 4 is 28.5 Å². The van der Waals surface area contributed by atoms with Gasteiger partial charge in [0.1, 0.15) is 22.8 Å². The minimum atomic E-state index is -0.438. The van der Waals surface area contributed by atoms with Gasteiger partial charge in [-0.1, -0.05) is 19.4 Å². The molecule has 0 saturated heterocycles. The molecule has 0 radical (unpaired) electrons. The predicted molar refractivity (Wildman–Crippen MR) is 100 cm³/mol. The van der Waals surface area contributed by atoms with Crippen molar-refractivity contribution in [3.63, 3.8) is 0 Å². The molecule has 136 valence electrons. The van der Waals surface area contributed by atoms with E-state index in [-0.39, 0.29) is 5.82 Å². The molecule has 2 heterocycles. The van der Waals surface area contributed by atoms with Gasteiger partial charge in [-0.2, -0.15) is 0 Å². The number of halogens is 1. The molecule has 26 heavy (non-hydrogen) atoms. The molecule has 0 unspecified atom stereocenters. The van der Waals surface area contributed by atoms with E-state index in [1.165, 1.54) is 6.07 Å². The highest BCUT2D eigenvalue weighted by Crippen LogP contribution is 2.32. The monoisotopic (exact) mass is 355 g/mol. The van der Waals surface area contributed by atoms with E-state index in [0.717, 1.165) is 18.4 Å². The fourth-order valence-corrected chi connectivity index (χ4v) is 2.84. The molecule has 2 aromatic heterocycles. The van der Waals surface area contributed by atoms with Crippen LogP contribution in [-0.4, -0.2) is 22.1 Å². The fraction of sp³-hybridized carbons (Fsp3) is 0.300. The van der Waals surface area contributed by atoms with Crippen LogP contribution >= 0.6 is 0 Å². The number of hydrogen-bond donors (Lipinski definition) is 1. The summed E-state index contributed by atoms with van der Waals surface area (Å²) in [6.45, 7) is 4.21. The lowest BCUT2D eigenvalue weighted by atomic mass is 10.2. The smallest absolute Gasteiger partial charge is 0.342 e. The maximum atomic E-state index is 14.3. The first-order chi connectivity index (χ1) is 12.5. The molecule has 0 aliphatic rings. The molecular weight excluding hydrogens is 333 g/mol. The van der Waals surface area contributed by atoms with Crippen molar-refractivity contribution < 1.29 is 13.9 Å². The van der Waals surface area contributed by atoms with E-state index < -0.39 is 5.97 Å². The zero-order valence-electron chi connectivity index (χ0n) is 15.2. The SMILES string of the molecule is CCCCOC(=O)c1c(Nc2ccc(C)cc2F)n(C)c2ncccc12. The third-order valence-corrected chi connectivity index (χ3v) is 4.26. The van der Waals surface area contributed by atoms with E-state index in [1.807, 2.05) is 26.0 Å². The second-order valence-electron chi connectivity index (χ2n) is 6.25. The average Bonchev–Trinajstić information content (AvgIpc) is 2.90. The molecule has 0 aliphatic carbocycles. The molecular formula is C20H22FN3O2. The van der Waals surface area contributed by atoms with E-state index in [1.54, 1.807) is 29.9 Å². The standard InChI is InChI=1S/C20H22FN3O2/c1-4-5-11-26-20(25)17-14-7-6-10-22-18(14)24(3)19(17)23-16-9-8-13(2)12-15(16)21/h6-10,12,23H,4-5,11H2,1-3H3. The van der Waals surface area contributed by atoms with Crippen molar-refractivity contribution in [3.05, 3.63) is 53.5 Å². The zero-order chi connectivity index (χ0) is 18.7. The summed E-state index contributed by atoms with van der Waals surface area (Å²) in [6.07, 6.45) is 3.39. The summed E-state index contributed by atoms with van der Waals surface area (Å²) in [7, 11) is 1.78. The lowest BCUT2D eigenvalue weighted by Gasteiger charge is -2.12. The van der Waals surface area contributed by atoms with Gasteiger partial charge in [-0.15, -0.1) is 0 Å². The van der Waals surface area contributed by atoms with Gasteiger partial charge in [-0.3, -0.25) is 0 Å². The van der Waals surface area contributed by atoms with Crippen molar-refractivity contribution in [2.45, 2.75) is 26.7 Å². The number of esters is 1. The second-order valence-corrected chi connectivity index (χ2v) is 6.25. The summed E-state index contributed by atoms with van der Waals surface area (Å²) in [5.41, 5.74) is 2.12. The number of carbonyl (C=O) groups excluding carboxylic acids is 1. The van der Waals surface area contributed by atoms with Gasteiger partial charge in [0.25, 0.3) is 0 Å². The zero-order valence-corrected chi connectivity index (χ0v) is 15.2. The van der Waals surface area contributed by atoms with E-state index in [0.29, 0.717) is 34.7 Å². The molecule has 0 saturated carbocycles. The van der Waals surface area contributed by atoms with Crippen LogP contribution in [0, 0.1) is 12.7 Å². The Bertz CT molecular complexity index is 950. The van der Waals surface area contributed by atoms with Crippen molar-refractivity contribution in [2.75, 3.05) is 11.9 Å². The van der Waals surface area contributed by atoms with E-state index >= 15 is 0 Å². The van der Waals surface area contributed by atoms with E-state index in [2.05, 4.69) is 10.3 Å². The summed E-state index contributed by atoms with van der Waals surface area (Å²) >= 11 is 0. The Morgan fingerprint density at radius 2 is 2.15 bits per heavy atom. The quantitative estimate of drug-likeness (QED) is 0.513. The van der Waals surface area contributed by atoms with Gasteiger partial charge in [0, 0.05) is 18.6 Å². The number of pyridine rings is 1. The number of ether oxygens (including phenoxy) is 1. The van der Waals surface area contributed by atoms with E-state index in [4.69, 9.17) is 4.74 Å². The van der Waals surface area contributed by atoms with Gasteiger partial charge >= 0.3 is 5.97 Å². The van der Waals surface area contributed by atoms with Crippen LogP contribution in [0.4, 0.5) is 15.9 Å². The summed E-state index contributed by atoms with van der Waals surface area (Å²) < 4.78 is 21.4. The number of nitrogens with one attached hydrogen (secondary N) is 1. The number of nitrogens with zero attached hydrogens (tertiary/aromatic N) is 2. The largest absolute Gasteiger partial charge is 0.462 e. The summed E-state index contributed by atoms with van der Waals surface area (Å²) in [6, 6.07) is 8.49. The highest BCUT2D eigenvalue weighted by molar-refractivity contribution is 6.09. The van der Waals surface area contributed by atoms with Crippen molar-refractivity contribution in [3.8, 4) is 0 Å². The first kappa shape index (κ1) is 17.9.